The molecule has 0 atom stereocenters. The minimum Gasteiger partial charge on any atom is -0.493 e. The first-order valence-electron chi connectivity index (χ1n) is 6.04. The average Bonchev–Trinajstić information content (AvgIpc) is 2.98. The van der Waals surface area contributed by atoms with Gasteiger partial charge in [-0.05, 0) is 17.7 Å². The third-order valence-electron chi connectivity index (χ3n) is 3.03. The molecule has 0 saturated carbocycles. The molecule has 0 radical (unpaired) electrons. The molecule has 1 aromatic heterocycles. The molecule has 0 aliphatic carbocycles. The summed E-state index contributed by atoms with van der Waals surface area (Å²) in [6.45, 7) is 2.14. The van der Waals surface area contributed by atoms with Crippen LogP contribution in [0.25, 0.3) is 0 Å². The Morgan fingerprint density at radius 3 is 3.11 bits per heavy atom. The molecular formula is C13H13BrN2O2S. The van der Waals surface area contributed by atoms with Crippen LogP contribution >= 0.6 is 27.3 Å². The van der Waals surface area contributed by atoms with Crippen LogP contribution in [0.1, 0.15) is 16.8 Å². The largest absolute Gasteiger partial charge is 0.493 e. The normalized spacial score (nSPS) is 13.3. The van der Waals surface area contributed by atoms with Gasteiger partial charge in [0.15, 0.2) is 0 Å². The zero-order chi connectivity index (χ0) is 13.2. The van der Waals surface area contributed by atoms with E-state index in [4.69, 9.17) is 4.74 Å². The van der Waals surface area contributed by atoms with E-state index in [0.717, 1.165) is 41.1 Å². The molecule has 0 bridgehead atoms. The van der Waals surface area contributed by atoms with E-state index >= 15 is 0 Å². The van der Waals surface area contributed by atoms with Gasteiger partial charge in [0.05, 0.1) is 6.61 Å². The molecule has 2 N–H and O–H groups in total. The Morgan fingerprint density at radius 1 is 1.42 bits per heavy atom. The Balaban J connectivity index is 1.68. The van der Waals surface area contributed by atoms with Gasteiger partial charge in [-0.1, -0.05) is 27.3 Å². The Morgan fingerprint density at radius 2 is 2.32 bits per heavy atom. The number of thiazole rings is 1. The van der Waals surface area contributed by atoms with E-state index in [1.165, 1.54) is 16.9 Å². The van der Waals surface area contributed by atoms with E-state index in [1.54, 1.807) is 0 Å². The molecule has 6 heteroatoms. The van der Waals surface area contributed by atoms with Crippen LogP contribution in [0, 0.1) is 0 Å². The summed E-state index contributed by atoms with van der Waals surface area (Å²) >= 11 is 4.72. The van der Waals surface area contributed by atoms with Crippen molar-refractivity contribution in [3.05, 3.63) is 48.5 Å². The topological polar surface area (TPSA) is 54.1 Å². The molecule has 1 aliphatic heterocycles. The van der Waals surface area contributed by atoms with Crippen molar-refractivity contribution in [3.8, 4) is 5.75 Å². The van der Waals surface area contributed by atoms with Gasteiger partial charge in [-0.15, -0.1) is 0 Å². The van der Waals surface area contributed by atoms with E-state index < -0.39 is 0 Å². The summed E-state index contributed by atoms with van der Waals surface area (Å²) in [6.07, 6.45) is 0.972. The second-order valence-electron chi connectivity index (χ2n) is 4.43. The van der Waals surface area contributed by atoms with Crippen molar-refractivity contribution in [2.45, 2.75) is 19.5 Å². The van der Waals surface area contributed by atoms with Gasteiger partial charge in [0.2, 0.25) is 0 Å². The molecule has 100 valence electrons. The number of aromatic amines is 1. The maximum absolute atomic E-state index is 11.0. The van der Waals surface area contributed by atoms with Crippen LogP contribution in [0.3, 0.4) is 0 Å². The predicted octanol–water partition coefficient (Wildman–Crippen LogP) is 2.42. The Hall–Kier alpha value is -1.11. The SMILES string of the molecule is O=c1[nH]c(CNCc2cc(Br)cc3c2OCC3)cs1. The summed E-state index contributed by atoms with van der Waals surface area (Å²) in [6, 6.07) is 4.19. The van der Waals surface area contributed by atoms with Crippen LogP contribution < -0.4 is 14.9 Å². The van der Waals surface area contributed by atoms with E-state index in [0.29, 0.717) is 6.54 Å². The molecule has 0 amide bonds. The zero-order valence-electron chi connectivity index (χ0n) is 10.2. The van der Waals surface area contributed by atoms with E-state index in [1.807, 2.05) is 5.38 Å². The molecule has 4 nitrogen and oxygen atoms in total. The summed E-state index contributed by atoms with van der Waals surface area (Å²) in [5.41, 5.74) is 3.33. The summed E-state index contributed by atoms with van der Waals surface area (Å²) in [5.74, 6) is 1.01. The van der Waals surface area contributed by atoms with Crippen molar-refractivity contribution < 1.29 is 4.74 Å². The number of H-pyrrole nitrogens is 1. The number of hydrogen-bond acceptors (Lipinski definition) is 4. The van der Waals surface area contributed by atoms with Crippen LogP contribution in [0.4, 0.5) is 0 Å². The number of benzene rings is 1. The fourth-order valence-electron chi connectivity index (χ4n) is 2.21. The number of nitrogens with one attached hydrogen (secondary N) is 2. The Labute approximate surface area is 122 Å². The quantitative estimate of drug-likeness (QED) is 0.898. The highest BCUT2D eigenvalue weighted by atomic mass is 79.9. The minimum atomic E-state index is -0.0107. The first kappa shape index (κ1) is 12.9. The van der Waals surface area contributed by atoms with Crippen molar-refractivity contribution in [2.24, 2.45) is 0 Å². The minimum absolute atomic E-state index is 0.0107. The molecule has 0 saturated heterocycles. The van der Waals surface area contributed by atoms with Gasteiger partial charge in [-0.25, -0.2) is 0 Å². The van der Waals surface area contributed by atoms with Crippen molar-refractivity contribution >= 4 is 27.3 Å². The zero-order valence-corrected chi connectivity index (χ0v) is 12.6. The molecule has 19 heavy (non-hydrogen) atoms. The first-order chi connectivity index (χ1) is 9.22. The van der Waals surface area contributed by atoms with Crippen LogP contribution in [0.5, 0.6) is 5.75 Å². The van der Waals surface area contributed by atoms with Crippen LogP contribution in [-0.4, -0.2) is 11.6 Å². The van der Waals surface area contributed by atoms with Crippen LogP contribution in [0.2, 0.25) is 0 Å². The molecule has 0 unspecified atom stereocenters. The van der Waals surface area contributed by atoms with Gasteiger partial charge >= 0.3 is 4.87 Å². The predicted molar refractivity (Wildman–Crippen MR) is 78.8 cm³/mol. The second kappa shape index (κ2) is 5.48. The number of rotatable bonds is 4. The average molecular weight is 341 g/mol. The standard InChI is InChI=1S/C13H13BrN2O2S/c14-10-3-8-1-2-18-12(8)9(4-10)5-15-6-11-7-19-13(17)16-11/h3-4,7,15H,1-2,5-6H2,(H,16,17). The van der Waals surface area contributed by atoms with Gasteiger partial charge in [0, 0.05) is 40.6 Å². The molecule has 0 fully saturated rings. The number of ether oxygens (including phenoxy) is 1. The van der Waals surface area contributed by atoms with Gasteiger partial charge in [0.1, 0.15) is 5.75 Å². The van der Waals surface area contributed by atoms with Gasteiger partial charge < -0.3 is 15.0 Å². The number of fused-ring (bicyclic) bond motifs is 1. The van der Waals surface area contributed by atoms with Crippen molar-refractivity contribution in [3.63, 3.8) is 0 Å². The number of hydrogen-bond donors (Lipinski definition) is 2. The Kier molecular flexibility index (Phi) is 3.72. The molecule has 1 aromatic carbocycles. The summed E-state index contributed by atoms with van der Waals surface area (Å²) < 4.78 is 6.76. The van der Waals surface area contributed by atoms with Crippen molar-refractivity contribution in [1.82, 2.24) is 10.3 Å². The number of aromatic nitrogens is 1. The van der Waals surface area contributed by atoms with E-state index in [-0.39, 0.29) is 4.87 Å². The fourth-order valence-corrected chi connectivity index (χ4v) is 3.34. The Bertz CT molecular complexity index is 650. The van der Waals surface area contributed by atoms with E-state index in [9.17, 15) is 4.79 Å². The highest BCUT2D eigenvalue weighted by Crippen LogP contribution is 2.32. The smallest absolute Gasteiger partial charge is 0.304 e. The maximum atomic E-state index is 11.0. The summed E-state index contributed by atoms with van der Waals surface area (Å²) in [7, 11) is 0. The molecule has 1 aliphatic rings. The van der Waals surface area contributed by atoms with E-state index in [2.05, 4.69) is 38.4 Å². The van der Waals surface area contributed by atoms with Gasteiger partial charge in [-0.3, -0.25) is 4.79 Å². The molecule has 2 aromatic rings. The highest BCUT2D eigenvalue weighted by molar-refractivity contribution is 9.10. The lowest BCUT2D eigenvalue weighted by Crippen LogP contribution is -2.14. The first-order valence-corrected chi connectivity index (χ1v) is 7.71. The lowest BCUT2D eigenvalue weighted by molar-refractivity contribution is 0.352. The lowest BCUT2D eigenvalue weighted by atomic mass is 10.1. The molecule has 3 rings (SSSR count). The highest BCUT2D eigenvalue weighted by Gasteiger charge is 2.17. The number of halogens is 1. The third-order valence-corrected chi connectivity index (χ3v) is 4.20. The van der Waals surface area contributed by atoms with Crippen LogP contribution in [0.15, 0.2) is 26.8 Å². The molecular weight excluding hydrogens is 328 g/mol. The fraction of sp³-hybridized carbons (Fsp3) is 0.308. The van der Waals surface area contributed by atoms with Crippen molar-refractivity contribution in [1.29, 1.82) is 0 Å². The monoisotopic (exact) mass is 340 g/mol. The maximum Gasteiger partial charge on any atom is 0.304 e. The lowest BCUT2D eigenvalue weighted by Gasteiger charge is -2.09. The van der Waals surface area contributed by atoms with Crippen LogP contribution in [-0.2, 0) is 19.5 Å². The molecule has 0 spiro atoms. The van der Waals surface area contributed by atoms with Gasteiger partial charge in [-0.2, -0.15) is 0 Å². The summed E-state index contributed by atoms with van der Waals surface area (Å²) in [5, 5.41) is 5.17. The molecule has 2 heterocycles. The third kappa shape index (κ3) is 2.91. The second-order valence-corrected chi connectivity index (χ2v) is 6.19. The van der Waals surface area contributed by atoms with Crippen molar-refractivity contribution in [2.75, 3.05) is 6.61 Å². The summed E-state index contributed by atoms with van der Waals surface area (Å²) in [4.78, 5) is 13.8. The van der Waals surface area contributed by atoms with Gasteiger partial charge in [0.25, 0.3) is 0 Å².